The average Bonchev–Trinajstić information content (AvgIpc) is 2.53. The molecule has 3 N–H and O–H groups in total. The van der Waals surface area contributed by atoms with E-state index in [4.69, 9.17) is 5.73 Å². The fraction of sp³-hybridized carbons (Fsp3) is 0.333. The number of aryl methyl sites for hydroxylation is 1. The number of rotatable bonds is 0. The Hall–Kier alpha value is -1.58. The van der Waals surface area contributed by atoms with Gasteiger partial charge in [-0.15, -0.1) is 0 Å². The van der Waals surface area contributed by atoms with E-state index in [1.54, 1.807) is 0 Å². The van der Waals surface area contributed by atoms with E-state index in [-0.39, 0.29) is 0 Å². The van der Waals surface area contributed by atoms with Gasteiger partial charge in [-0.25, -0.2) is 9.97 Å². The maximum Gasteiger partial charge on any atom is 0.136 e. The summed E-state index contributed by atoms with van der Waals surface area (Å²) in [5.41, 5.74) is 7.52. The number of anilines is 1. The first kappa shape index (κ1) is 9.51. The number of hydrogen-bond acceptors (Lipinski definition) is 3. The van der Waals surface area contributed by atoms with Crippen LogP contribution in [0.4, 0.5) is 5.82 Å². The molecule has 0 amide bonds. The number of hydrogen-bond donors (Lipinski definition) is 2. The summed E-state index contributed by atoms with van der Waals surface area (Å²) in [6.45, 7) is 5.95. The molecule has 0 atom stereocenters. The van der Waals surface area contributed by atoms with Gasteiger partial charge in [-0.1, -0.05) is 13.8 Å². The summed E-state index contributed by atoms with van der Waals surface area (Å²) in [7, 11) is 0. The van der Waals surface area contributed by atoms with Crippen LogP contribution in [0.25, 0.3) is 10.9 Å². The van der Waals surface area contributed by atoms with Gasteiger partial charge in [-0.3, -0.25) is 0 Å². The van der Waals surface area contributed by atoms with Crippen LogP contribution in [0.3, 0.4) is 0 Å². The van der Waals surface area contributed by atoms with Crippen molar-refractivity contribution in [2.45, 2.75) is 20.8 Å². The standard InChI is InChI=1S/C7H8N4.C2H6/c1-4-6-5(2-9-4)7(8)11-3-10-6;1-2/h2-3,9H,1H3,(H2,8,10,11);1-2H3. The summed E-state index contributed by atoms with van der Waals surface area (Å²) < 4.78 is 0. The van der Waals surface area contributed by atoms with E-state index >= 15 is 0 Å². The highest BCUT2D eigenvalue weighted by atomic mass is 14.9. The van der Waals surface area contributed by atoms with Crippen LogP contribution in [0.15, 0.2) is 12.5 Å². The smallest absolute Gasteiger partial charge is 0.136 e. The third-order valence-electron chi connectivity index (χ3n) is 1.70. The maximum absolute atomic E-state index is 5.60. The molecule has 0 aliphatic rings. The second-order valence-electron chi connectivity index (χ2n) is 2.43. The van der Waals surface area contributed by atoms with Gasteiger partial charge in [-0.05, 0) is 6.92 Å². The van der Waals surface area contributed by atoms with Gasteiger partial charge in [0.05, 0.1) is 10.9 Å². The van der Waals surface area contributed by atoms with E-state index in [2.05, 4.69) is 15.0 Å². The summed E-state index contributed by atoms with van der Waals surface area (Å²) >= 11 is 0. The summed E-state index contributed by atoms with van der Waals surface area (Å²) in [6.07, 6.45) is 3.29. The van der Waals surface area contributed by atoms with Crippen LogP contribution in [-0.2, 0) is 0 Å². The molecular weight excluding hydrogens is 164 g/mol. The first-order valence-electron chi connectivity index (χ1n) is 4.33. The molecule has 0 saturated carbocycles. The Labute approximate surface area is 77.2 Å². The highest BCUT2D eigenvalue weighted by Gasteiger charge is 2.02. The number of H-pyrrole nitrogens is 1. The zero-order valence-corrected chi connectivity index (χ0v) is 8.13. The predicted octanol–water partition coefficient (Wildman–Crippen LogP) is 1.87. The van der Waals surface area contributed by atoms with E-state index in [9.17, 15) is 0 Å². The normalized spacial score (nSPS) is 9.46. The third-order valence-corrected chi connectivity index (χ3v) is 1.70. The van der Waals surface area contributed by atoms with Gasteiger partial charge in [0.25, 0.3) is 0 Å². The molecule has 0 bridgehead atoms. The van der Waals surface area contributed by atoms with Crippen molar-refractivity contribution in [3.05, 3.63) is 18.2 Å². The summed E-state index contributed by atoms with van der Waals surface area (Å²) in [5, 5.41) is 0.894. The first-order chi connectivity index (χ1) is 6.29. The van der Waals surface area contributed by atoms with Crippen LogP contribution < -0.4 is 5.73 Å². The van der Waals surface area contributed by atoms with Crippen LogP contribution in [-0.4, -0.2) is 15.0 Å². The van der Waals surface area contributed by atoms with Crippen molar-refractivity contribution in [2.75, 3.05) is 5.73 Å². The van der Waals surface area contributed by atoms with Crippen molar-refractivity contribution in [2.24, 2.45) is 0 Å². The minimum atomic E-state index is 0.527. The molecule has 2 aromatic heterocycles. The van der Waals surface area contributed by atoms with Gasteiger partial charge >= 0.3 is 0 Å². The molecule has 0 fully saturated rings. The Morgan fingerprint density at radius 2 is 2.00 bits per heavy atom. The number of aromatic amines is 1. The zero-order valence-electron chi connectivity index (χ0n) is 8.13. The Kier molecular flexibility index (Phi) is 2.84. The SMILES string of the molecule is CC.Cc1[nH]cc2c(N)ncnc12. The molecule has 0 aliphatic heterocycles. The number of nitrogens with one attached hydrogen (secondary N) is 1. The lowest BCUT2D eigenvalue weighted by Crippen LogP contribution is -1.90. The van der Waals surface area contributed by atoms with Crippen molar-refractivity contribution in [1.29, 1.82) is 0 Å². The number of fused-ring (bicyclic) bond motifs is 1. The fourth-order valence-electron chi connectivity index (χ4n) is 1.10. The fourth-order valence-corrected chi connectivity index (χ4v) is 1.10. The molecule has 0 aliphatic carbocycles. The zero-order chi connectivity index (χ0) is 9.84. The molecule has 0 radical (unpaired) electrons. The van der Waals surface area contributed by atoms with Gasteiger partial charge < -0.3 is 10.7 Å². The molecule has 0 saturated heterocycles. The monoisotopic (exact) mass is 178 g/mol. The lowest BCUT2D eigenvalue weighted by Gasteiger charge is -1.92. The lowest BCUT2D eigenvalue weighted by atomic mass is 10.3. The van der Waals surface area contributed by atoms with E-state index in [1.165, 1.54) is 6.33 Å². The van der Waals surface area contributed by atoms with Crippen LogP contribution >= 0.6 is 0 Å². The van der Waals surface area contributed by atoms with Gasteiger partial charge in [-0.2, -0.15) is 0 Å². The Bertz CT molecular complexity index is 391. The average molecular weight is 178 g/mol. The van der Waals surface area contributed by atoms with Gasteiger partial charge in [0, 0.05) is 11.9 Å². The molecule has 70 valence electrons. The molecule has 2 aromatic rings. The summed E-state index contributed by atoms with van der Waals surface area (Å²) in [6, 6.07) is 0. The molecule has 4 heteroatoms. The lowest BCUT2D eigenvalue weighted by molar-refractivity contribution is 1.21. The van der Waals surface area contributed by atoms with Crippen molar-refractivity contribution < 1.29 is 0 Å². The minimum Gasteiger partial charge on any atom is -0.383 e. The van der Waals surface area contributed by atoms with Crippen molar-refractivity contribution in [3.8, 4) is 0 Å². The Morgan fingerprint density at radius 1 is 1.31 bits per heavy atom. The Balaban J connectivity index is 0.000000396. The second kappa shape index (κ2) is 3.89. The van der Waals surface area contributed by atoms with Crippen LogP contribution in [0, 0.1) is 6.92 Å². The Morgan fingerprint density at radius 3 is 2.62 bits per heavy atom. The number of nitrogens with zero attached hydrogens (tertiary/aromatic N) is 2. The quantitative estimate of drug-likeness (QED) is 0.647. The van der Waals surface area contributed by atoms with Gasteiger partial charge in [0.15, 0.2) is 0 Å². The van der Waals surface area contributed by atoms with Gasteiger partial charge in [0.2, 0.25) is 0 Å². The molecule has 0 unspecified atom stereocenters. The molecule has 2 heterocycles. The number of nitrogens with two attached hydrogens (primary N) is 1. The van der Waals surface area contributed by atoms with E-state index in [0.29, 0.717) is 5.82 Å². The minimum absolute atomic E-state index is 0.527. The molecule has 2 rings (SSSR count). The summed E-state index contributed by atoms with van der Waals surface area (Å²) in [5.74, 6) is 0.527. The first-order valence-corrected chi connectivity index (χ1v) is 4.33. The molecule has 0 spiro atoms. The van der Waals surface area contributed by atoms with Gasteiger partial charge in [0.1, 0.15) is 12.1 Å². The van der Waals surface area contributed by atoms with Crippen LogP contribution in [0.5, 0.6) is 0 Å². The largest absolute Gasteiger partial charge is 0.383 e. The number of aromatic nitrogens is 3. The number of nitrogen functional groups attached to an aromatic ring is 1. The van der Waals surface area contributed by atoms with Crippen LogP contribution in [0.1, 0.15) is 19.5 Å². The second-order valence-corrected chi connectivity index (χ2v) is 2.43. The third kappa shape index (κ3) is 1.61. The topological polar surface area (TPSA) is 67.6 Å². The molecule has 0 aromatic carbocycles. The van der Waals surface area contributed by atoms with Crippen molar-refractivity contribution in [1.82, 2.24) is 15.0 Å². The van der Waals surface area contributed by atoms with Crippen LogP contribution in [0.2, 0.25) is 0 Å². The predicted molar refractivity (Wildman–Crippen MR) is 54.4 cm³/mol. The van der Waals surface area contributed by atoms with E-state index < -0.39 is 0 Å². The van der Waals surface area contributed by atoms with Crippen molar-refractivity contribution in [3.63, 3.8) is 0 Å². The maximum atomic E-state index is 5.60. The molecule has 13 heavy (non-hydrogen) atoms. The van der Waals surface area contributed by atoms with Crippen molar-refractivity contribution >= 4 is 16.7 Å². The summed E-state index contributed by atoms with van der Waals surface area (Å²) in [4.78, 5) is 11.0. The van der Waals surface area contributed by atoms with E-state index in [1.807, 2.05) is 27.0 Å². The highest BCUT2D eigenvalue weighted by Crippen LogP contribution is 2.17. The van der Waals surface area contributed by atoms with E-state index in [0.717, 1.165) is 16.6 Å². The molecule has 4 nitrogen and oxygen atoms in total. The highest BCUT2D eigenvalue weighted by molar-refractivity contribution is 5.89. The molecular formula is C9H14N4.